The number of nitrogens with one attached hydrogen (secondary N) is 1. The molecule has 3 heterocycles. The first kappa shape index (κ1) is 16.9. The third-order valence-electron chi connectivity index (χ3n) is 4.15. The zero-order valence-corrected chi connectivity index (χ0v) is 15.2. The molecule has 2 aromatic rings. The summed E-state index contributed by atoms with van der Waals surface area (Å²) in [5.74, 6) is 0.763. The van der Waals surface area contributed by atoms with Crippen molar-refractivity contribution in [3.8, 4) is 0 Å². The standard InChI is InChI=1S/C16H24N6OS/c1-16(2,3)22-13(19-11-20-22)10-18-15(23)21-8-5-4-6-12(21)14-17-7-9-24-14/h7,9,11-12H,4-6,8,10H2,1-3H3,(H,18,23). The number of carbonyl (C=O) groups is 1. The highest BCUT2D eigenvalue weighted by atomic mass is 32.1. The summed E-state index contributed by atoms with van der Waals surface area (Å²) < 4.78 is 1.85. The number of hydrogen-bond donors (Lipinski definition) is 1. The number of rotatable bonds is 3. The number of hydrogen-bond acceptors (Lipinski definition) is 5. The second-order valence-corrected chi connectivity index (χ2v) is 7.92. The zero-order valence-electron chi connectivity index (χ0n) is 14.4. The van der Waals surface area contributed by atoms with Gasteiger partial charge >= 0.3 is 6.03 Å². The van der Waals surface area contributed by atoms with Crippen molar-refractivity contribution < 1.29 is 4.79 Å². The average Bonchev–Trinajstić information content (AvgIpc) is 3.23. The van der Waals surface area contributed by atoms with Gasteiger partial charge in [-0.1, -0.05) is 0 Å². The molecule has 0 aliphatic carbocycles. The van der Waals surface area contributed by atoms with Crippen molar-refractivity contribution in [2.75, 3.05) is 6.54 Å². The lowest BCUT2D eigenvalue weighted by Gasteiger charge is -2.34. The first-order chi connectivity index (χ1) is 11.5. The molecule has 7 nitrogen and oxygen atoms in total. The van der Waals surface area contributed by atoms with Crippen molar-refractivity contribution in [2.24, 2.45) is 0 Å². The highest BCUT2D eigenvalue weighted by molar-refractivity contribution is 7.09. The van der Waals surface area contributed by atoms with Crippen molar-refractivity contribution in [2.45, 2.75) is 58.2 Å². The molecule has 0 radical (unpaired) electrons. The van der Waals surface area contributed by atoms with Crippen LogP contribution < -0.4 is 5.32 Å². The Balaban J connectivity index is 1.67. The van der Waals surface area contributed by atoms with Crippen LogP contribution in [0.1, 0.15) is 56.9 Å². The fourth-order valence-corrected chi connectivity index (χ4v) is 3.82. The van der Waals surface area contributed by atoms with Gasteiger partial charge in [0.1, 0.15) is 17.2 Å². The van der Waals surface area contributed by atoms with Crippen LogP contribution in [0.2, 0.25) is 0 Å². The van der Waals surface area contributed by atoms with Gasteiger partial charge in [0.15, 0.2) is 0 Å². The zero-order chi connectivity index (χ0) is 17.2. The molecule has 1 unspecified atom stereocenters. The smallest absolute Gasteiger partial charge is 0.318 e. The molecule has 130 valence electrons. The lowest BCUT2D eigenvalue weighted by atomic mass is 10.0. The minimum Gasteiger partial charge on any atom is -0.331 e. The average molecular weight is 348 g/mol. The number of likely N-dealkylation sites (tertiary alicyclic amines) is 1. The molecule has 0 aromatic carbocycles. The molecule has 0 bridgehead atoms. The number of thiazole rings is 1. The van der Waals surface area contributed by atoms with Gasteiger partial charge in [0, 0.05) is 18.1 Å². The molecular weight excluding hydrogens is 324 g/mol. The van der Waals surface area contributed by atoms with Gasteiger partial charge in [-0.3, -0.25) is 0 Å². The summed E-state index contributed by atoms with van der Waals surface area (Å²) in [4.78, 5) is 23.3. The topological polar surface area (TPSA) is 75.9 Å². The van der Waals surface area contributed by atoms with E-state index in [9.17, 15) is 4.79 Å². The second kappa shape index (κ2) is 6.88. The van der Waals surface area contributed by atoms with Crippen LogP contribution in [-0.2, 0) is 12.1 Å². The maximum Gasteiger partial charge on any atom is 0.318 e. The van der Waals surface area contributed by atoms with Crippen molar-refractivity contribution in [1.29, 1.82) is 0 Å². The molecule has 3 rings (SSSR count). The summed E-state index contributed by atoms with van der Waals surface area (Å²) in [7, 11) is 0. The van der Waals surface area contributed by atoms with Gasteiger partial charge in [-0.2, -0.15) is 5.10 Å². The van der Waals surface area contributed by atoms with Gasteiger partial charge in [0.2, 0.25) is 0 Å². The van der Waals surface area contributed by atoms with Gasteiger partial charge in [-0.25, -0.2) is 19.4 Å². The summed E-state index contributed by atoms with van der Waals surface area (Å²) in [6, 6.07) is 0.0256. The Morgan fingerprint density at radius 3 is 2.92 bits per heavy atom. The largest absolute Gasteiger partial charge is 0.331 e. The van der Waals surface area contributed by atoms with E-state index >= 15 is 0 Å². The summed E-state index contributed by atoms with van der Waals surface area (Å²) in [5.41, 5.74) is -0.162. The lowest BCUT2D eigenvalue weighted by Crippen LogP contribution is -2.44. The molecule has 1 N–H and O–H groups in total. The summed E-state index contributed by atoms with van der Waals surface area (Å²) >= 11 is 1.61. The Bertz CT molecular complexity index is 675. The van der Waals surface area contributed by atoms with E-state index in [1.807, 2.05) is 15.0 Å². The van der Waals surface area contributed by atoms with Crippen molar-refractivity contribution in [3.63, 3.8) is 0 Å². The quantitative estimate of drug-likeness (QED) is 0.925. The minimum absolute atomic E-state index is 0.0571. The first-order valence-corrected chi connectivity index (χ1v) is 9.18. The molecular formula is C16H24N6OS. The van der Waals surface area contributed by atoms with E-state index < -0.39 is 0 Å². The predicted octanol–water partition coefficient (Wildman–Crippen LogP) is 2.93. The van der Waals surface area contributed by atoms with E-state index in [1.165, 1.54) is 6.33 Å². The van der Waals surface area contributed by atoms with E-state index in [-0.39, 0.29) is 17.6 Å². The Labute approximate surface area is 146 Å². The van der Waals surface area contributed by atoms with Gasteiger partial charge in [-0.05, 0) is 40.0 Å². The molecule has 1 aliphatic rings. The number of nitrogens with zero attached hydrogens (tertiary/aromatic N) is 5. The SMILES string of the molecule is CC(C)(C)n1ncnc1CNC(=O)N1CCCCC1c1nccs1. The Morgan fingerprint density at radius 2 is 2.21 bits per heavy atom. The van der Waals surface area contributed by atoms with E-state index in [0.717, 1.165) is 36.6 Å². The third-order valence-corrected chi connectivity index (χ3v) is 5.03. The summed E-state index contributed by atoms with van der Waals surface area (Å²) in [6.07, 6.45) is 6.47. The van der Waals surface area contributed by atoms with Crippen molar-refractivity contribution >= 4 is 17.4 Å². The molecule has 0 spiro atoms. The van der Waals surface area contributed by atoms with E-state index in [0.29, 0.717) is 6.54 Å². The van der Waals surface area contributed by atoms with E-state index in [4.69, 9.17) is 0 Å². The van der Waals surface area contributed by atoms with Crippen LogP contribution in [0.15, 0.2) is 17.9 Å². The molecule has 2 aromatic heterocycles. The van der Waals surface area contributed by atoms with Crippen LogP contribution in [0.5, 0.6) is 0 Å². The molecule has 24 heavy (non-hydrogen) atoms. The number of piperidine rings is 1. The molecule has 1 aliphatic heterocycles. The monoisotopic (exact) mass is 348 g/mol. The molecule has 1 atom stereocenters. The fraction of sp³-hybridized carbons (Fsp3) is 0.625. The van der Waals surface area contributed by atoms with Gasteiger partial charge in [-0.15, -0.1) is 11.3 Å². The summed E-state index contributed by atoms with van der Waals surface area (Å²) in [6.45, 7) is 7.33. The van der Waals surface area contributed by atoms with E-state index in [1.54, 1.807) is 17.5 Å². The molecule has 2 amide bonds. The molecule has 1 fully saturated rings. The summed E-state index contributed by atoms with van der Waals surface area (Å²) in [5, 5.41) is 10.2. The fourth-order valence-electron chi connectivity index (χ4n) is 3.03. The number of amides is 2. The normalized spacial score (nSPS) is 18.6. The van der Waals surface area contributed by atoms with Crippen LogP contribution in [0.3, 0.4) is 0 Å². The third kappa shape index (κ3) is 3.58. The van der Waals surface area contributed by atoms with Crippen molar-refractivity contribution in [1.82, 2.24) is 30.0 Å². The lowest BCUT2D eigenvalue weighted by molar-refractivity contribution is 0.150. The molecule has 1 saturated heterocycles. The van der Waals surface area contributed by atoms with Crippen LogP contribution in [0.25, 0.3) is 0 Å². The predicted molar refractivity (Wildman–Crippen MR) is 92.7 cm³/mol. The van der Waals surface area contributed by atoms with Crippen molar-refractivity contribution in [3.05, 3.63) is 28.7 Å². The highest BCUT2D eigenvalue weighted by Gasteiger charge is 2.30. The molecule has 0 saturated carbocycles. The van der Waals surface area contributed by atoms with Gasteiger partial charge < -0.3 is 10.2 Å². The Morgan fingerprint density at radius 1 is 1.38 bits per heavy atom. The van der Waals surface area contributed by atoms with Gasteiger partial charge in [0.25, 0.3) is 0 Å². The van der Waals surface area contributed by atoms with Crippen LogP contribution in [0, 0.1) is 0 Å². The van der Waals surface area contributed by atoms with Gasteiger partial charge in [0.05, 0.1) is 18.1 Å². The number of aromatic nitrogens is 4. The number of urea groups is 1. The van der Waals surface area contributed by atoms with Crippen LogP contribution >= 0.6 is 11.3 Å². The number of carbonyl (C=O) groups excluding carboxylic acids is 1. The minimum atomic E-state index is -0.162. The Kier molecular flexibility index (Phi) is 4.84. The van der Waals surface area contributed by atoms with Crippen LogP contribution in [0.4, 0.5) is 4.79 Å². The maximum atomic E-state index is 12.7. The first-order valence-electron chi connectivity index (χ1n) is 8.30. The van der Waals surface area contributed by atoms with E-state index in [2.05, 4.69) is 41.2 Å². The molecule has 8 heteroatoms. The van der Waals surface area contributed by atoms with Crippen LogP contribution in [-0.4, -0.2) is 37.2 Å². The second-order valence-electron chi connectivity index (χ2n) is 6.99. The highest BCUT2D eigenvalue weighted by Crippen LogP contribution is 2.31. The maximum absolute atomic E-state index is 12.7. The Hall–Kier alpha value is -1.96.